The van der Waals surface area contributed by atoms with E-state index >= 15 is 0 Å². The molecule has 1 aromatic heterocycles. The topological polar surface area (TPSA) is 38.1 Å². The molecule has 3 aromatic rings. The number of para-hydroxylation sites is 2. The first-order chi connectivity index (χ1) is 12.1. The lowest BCUT2D eigenvalue weighted by molar-refractivity contribution is -0.117. The molecule has 2 heterocycles. The Labute approximate surface area is 148 Å². The van der Waals surface area contributed by atoms with Crippen molar-refractivity contribution in [2.75, 3.05) is 11.4 Å². The molecule has 4 rings (SSSR count). The van der Waals surface area contributed by atoms with Gasteiger partial charge in [0.05, 0.1) is 11.0 Å². The van der Waals surface area contributed by atoms with Gasteiger partial charge in [-0.25, -0.2) is 4.98 Å². The van der Waals surface area contributed by atoms with Crippen LogP contribution >= 0.6 is 0 Å². The maximum Gasteiger partial charge on any atom is 0.227 e. The number of hydrogen-bond acceptors (Lipinski definition) is 2. The Morgan fingerprint density at radius 1 is 1.16 bits per heavy atom. The Morgan fingerprint density at radius 2 is 1.96 bits per heavy atom. The predicted molar refractivity (Wildman–Crippen MR) is 101 cm³/mol. The number of aryl methyl sites for hydroxylation is 3. The maximum atomic E-state index is 12.7. The molecule has 0 spiro atoms. The van der Waals surface area contributed by atoms with E-state index in [0.29, 0.717) is 13.0 Å². The van der Waals surface area contributed by atoms with E-state index in [1.807, 2.05) is 23.1 Å². The van der Waals surface area contributed by atoms with Crippen LogP contribution in [0, 0.1) is 13.8 Å². The van der Waals surface area contributed by atoms with Crippen molar-refractivity contribution in [2.45, 2.75) is 39.7 Å². The highest BCUT2D eigenvalue weighted by Gasteiger charge is 2.35. The van der Waals surface area contributed by atoms with Gasteiger partial charge in [-0.2, -0.15) is 0 Å². The van der Waals surface area contributed by atoms with Crippen LogP contribution in [0.3, 0.4) is 0 Å². The van der Waals surface area contributed by atoms with Gasteiger partial charge in [-0.3, -0.25) is 4.79 Å². The fourth-order valence-electron chi connectivity index (χ4n) is 3.96. The van der Waals surface area contributed by atoms with E-state index in [9.17, 15) is 4.79 Å². The second kappa shape index (κ2) is 6.03. The van der Waals surface area contributed by atoms with Crippen molar-refractivity contribution in [3.63, 3.8) is 0 Å². The van der Waals surface area contributed by atoms with Crippen LogP contribution in [-0.4, -0.2) is 22.0 Å². The summed E-state index contributed by atoms with van der Waals surface area (Å²) in [7, 11) is 0. The third-order valence-corrected chi connectivity index (χ3v) is 5.13. The van der Waals surface area contributed by atoms with E-state index in [1.165, 1.54) is 5.56 Å². The Balaban J connectivity index is 1.71. The summed E-state index contributed by atoms with van der Waals surface area (Å²) < 4.78 is 2.25. The highest BCUT2D eigenvalue weighted by Crippen LogP contribution is 2.34. The van der Waals surface area contributed by atoms with Gasteiger partial charge in [0.2, 0.25) is 5.91 Å². The molecular formula is C21H23N3O. The van der Waals surface area contributed by atoms with Crippen LogP contribution in [0.15, 0.2) is 42.5 Å². The Hall–Kier alpha value is -2.62. The molecule has 1 amide bonds. The third-order valence-electron chi connectivity index (χ3n) is 5.13. The van der Waals surface area contributed by atoms with Gasteiger partial charge in [-0.1, -0.05) is 29.8 Å². The molecule has 1 aliphatic heterocycles. The second-order valence-corrected chi connectivity index (χ2v) is 6.90. The molecule has 1 aliphatic rings. The van der Waals surface area contributed by atoms with Gasteiger partial charge in [-0.15, -0.1) is 0 Å². The predicted octanol–water partition coefficient (Wildman–Crippen LogP) is 4.19. The second-order valence-electron chi connectivity index (χ2n) is 6.90. The van der Waals surface area contributed by atoms with Crippen LogP contribution in [-0.2, 0) is 11.3 Å². The van der Waals surface area contributed by atoms with Crippen molar-refractivity contribution < 1.29 is 4.79 Å². The largest absolute Gasteiger partial charge is 0.328 e. The first-order valence-electron chi connectivity index (χ1n) is 8.91. The number of hydrogen-bond donors (Lipinski definition) is 0. The number of carbonyl (C=O) groups is 1. The number of benzene rings is 2. The molecule has 25 heavy (non-hydrogen) atoms. The summed E-state index contributed by atoms with van der Waals surface area (Å²) in [5, 5.41) is 0. The van der Waals surface area contributed by atoms with Crippen molar-refractivity contribution in [1.82, 2.24) is 9.55 Å². The fraction of sp³-hybridized carbons (Fsp3) is 0.333. The Bertz CT molecular complexity index is 957. The average molecular weight is 333 g/mol. The molecule has 0 N–H and O–H groups in total. The van der Waals surface area contributed by atoms with Crippen molar-refractivity contribution in [2.24, 2.45) is 0 Å². The van der Waals surface area contributed by atoms with E-state index in [2.05, 4.69) is 49.6 Å². The normalized spacial score (nSPS) is 17.6. The van der Waals surface area contributed by atoms with Gasteiger partial charge in [0.25, 0.3) is 0 Å². The molecular weight excluding hydrogens is 310 g/mol. The molecule has 0 aliphatic carbocycles. The van der Waals surface area contributed by atoms with Gasteiger partial charge in [0, 0.05) is 31.1 Å². The monoisotopic (exact) mass is 333 g/mol. The molecule has 0 saturated carbocycles. The summed E-state index contributed by atoms with van der Waals surface area (Å²) in [6.07, 6.45) is 0.524. The SMILES string of the molecule is CCn1c([C@@H]2CC(=O)N(c3ccc(C)cc3C)C2)nc2ccccc21. The maximum absolute atomic E-state index is 12.7. The molecule has 1 atom stereocenters. The van der Waals surface area contributed by atoms with E-state index in [1.54, 1.807) is 0 Å². The van der Waals surface area contributed by atoms with Crippen LogP contribution in [0.25, 0.3) is 11.0 Å². The minimum absolute atomic E-state index is 0.139. The van der Waals surface area contributed by atoms with Crippen molar-refractivity contribution >= 4 is 22.6 Å². The lowest BCUT2D eigenvalue weighted by atomic mass is 10.1. The zero-order valence-corrected chi connectivity index (χ0v) is 15.0. The number of amides is 1. The number of carbonyl (C=O) groups excluding carboxylic acids is 1. The van der Waals surface area contributed by atoms with Gasteiger partial charge < -0.3 is 9.47 Å². The molecule has 0 bridgehead atoms. The lowest BCUT2D eigenvalue weighted by Gasteiger charge is -2.19. The highest BCUT2D eigenvalue weighted by molar-refractivity contribution is 5.97. The Morgan fingerprint density at radius 3 is 2.72 bits per heavy atom. The third kappa shape index (κ3) is 2.62. The van der Waals surface area contributed by atoms with E-state index < -0.39 is 0 Å². The summed E-state index contributed by atoms with van der Waals surface area (Å²) in [4.78, 5) is 19.5. The molecule has 2 aromatic carbocycles. The standard InChI is InChI=1S/C21H23N3O/c1-4-23-19-8-6-5-7-17(19)22-21(23)16-12-20(25)24(13-16)18-10-9-14(2)11-15(18)3/h5-11,16H,4,12-13H2,1-3H3/t16-/m1/s1. The van der Waals surface area contributed by atoms with Crippen LogP contribution in [0.2, 0.25) is 0 Å². The van der Waals surface area contributed by atoms with Gasteiger partial charge in [0.1, 0.15) is 5.82 Å². The van der Waals surface area contributed by atoms with Crippen molar-refractivity contribution in [3.8, 4) is 0 Å². The minimum atomic E-state index is 0.139. The minimum Gasteiger partial charge on any atom is -0.328 e. The smallest absolute Gasteiger partial charge is 0.227 e. The van der Waals surface area contributed by atoms with Gasteiger partial charge in [-0.05, 0) is 44.5 Å². The number of nitrogens with zero attached hydrogens (tertiary/aromatic N) is 3. The molecule has 4 nitrogen and oxygen atoms in total. The van der Waals surface area contributed by atoms with Crippen molar-refractivity contribution in [1.29, 1.82) is 0 Å². The van der Waals surface area contributed by atoms with E-state index in [4.69, 9.17) is 4.98 Å². The number of rotatable bonds is 3. The van der Waals surface area contributed by atoms with Gasteiger partial charge >= 0.3 is 0 Å². The quantitative estimate of drug-likeness (QED) is 0.721. The van der Waals surface area contributed by atoms with Crippen molar-refractivity contribution in [3.05, 3.63) is 59.4 Å². The molecule has 0 radical (unpaired) electrons. The first kappa shape index (κ1) is 15.9. The van der Waals surface area contributed by atoms with Crippen LogP contribution in [0.4, 0.5) is 5.69 Å². The fourth-order valence-corrected chi connectivity index (χ4v) is 3.96. The number of anilines is 1. The summed E-state index contributed by atoms with van der Waals surface area (Å²) in [5.41, 5.74) is 5.56. The highest BCUT2D eigenvalue weighted by atomic mass is 16.2. The van der Waals surface area contributed by atoms with Gasteiger partial charge in [0.15, 0.2) is 0 Å². The zero-order chi connectivity index (χ0) is 17.6. The molecule has 1 fully saturated rings. The van der Waals surface area contributed by atoms with E-state index in [0.717, 1.165) is 34.7 Å². The molecule has 128 valence electrons. The molecule has 0 unspecified atom stereocenters. The summed E-state index contributed by atoms with van der Waals surface area (Å²) in [6, 6.07) is 14.5. The number of fused-ring (bicyclic) bond motifs is 1. The van der Waals surface area contributed by atoms with Crippen LogP contribution in [0.5, 0.6) is 0 Å². The molecule has 4 heteroatoms. The Kier molecular flexibility index (Phi) is 3.83. The average Bonchev–Trinajstić information content (AvgIpc) is 3.15. The zero-order valence-electron chi connectivity index (χ0n) is 15.0. The molecule has 1 saturated heterocycles. The summed E-state index contributed by atoms with van der Waals surface area (Å²) in [6.45, 7) is 7.85. The number of aromatic nitrogens is 2. The summed E-state index contributed by atoms with van der Waals surface area (Å²) >= 11 is 0. The summed E-state index contributed by atoms with van der Waals surface area (Å²) in [5.74, 6) is 1.36. The number of imidazole rings is 1. The van der Waals surface area contributed by atoms with E-state index in [-0.39, 0.29) is 11.8 Å². The van der Waals surface area contributed by atoms with Crippen LogP contribution < -0.4 is 4.90 Å². The van der Waals surface area contributed by atoms with Crippen LogP contribution in [0.1, 0.15) is 36.2 Å². The lowest BCUT2D eigenvalue weighted by Crippen LogP contribution is -2.25. The first-order valence-corrected chi connectivity index (χ1v) is 8.91.